The molecule has 0 bridgehead atoms. The van der Waals surface area contributed by atoms with Gasteiger partial charge in [0, 0.05) is 0 Å². The van der Waals surface area contributed by atoms with Gasteiger partial charge in [-0.15, -0.1) is 0 Å². The molecule has 2 aromatic rings. The number of ether oxygens (including phenoxy) is 2. The second kappa shape index (κ2) is 13.1. The minimum absolute atomic E-state index is 0.156. The van der Waals surface area contributed by atoms with E-state index in [0.29, 0.717) is 15.9 Å². The van der Waals surface area contributed by atoms with Crippen molar-refractivity contribution in [2.45, 2.75) is 67.6 Å². The molecule has 0 amide bonds. The van der Waals surface area contributed by atoms with E-state index in [-0.39, 0.29) is 5.82 Å². The average Bonchev–Trinajstić information content (AvgIpc) is 3.46. The fraction of sp³-hybridized carbons (Fsp3) is 0.750. The van der Waals surface area contributed by atoms with Crippen LogP contribution in [0.4, 0.5) is 5.82 Å². The average molecular weight is 694 g/mol. The van der Waals surface area contributed by atoms with Gasteiger partial charge in [-0.3, -0.25) is 9.42 Å². The van der Waals surface area contributed by atoms with E-state index >= 15 is 0 Å². The molecule has 0 spiro atoms. The second-order valence-corrected chi connectivity index (χ2v) is 15.4. The van der Waals surface area contributed by atoms with Crippen LogP contribution in [0.1, 0.15) is 17.9 Å². The second-order valence-electron chi connectivity index (χ2n) is 10.2. The summed E-state index contributed by atoms with van der Waals surface area (Å²) >= 11 is 5.88. The number of aromatic nitrogens is 3. The maximum Gasteiger partial charge on any atom is 0.481 e. The van der Waals surface area contributed by atoms with E-state index in [9.17, 15) is 39.9 Å². The Morgan fingerprint density at radius 1 is 1.16 bits per heavy atom. The Bertz CT molecular complexity index is 1390. The predicted octanol–water partition coefficient (Wildman–Crippen LogP) is -2.68. The minimum Gasteiger partial charge on any atom is -0.394 e. The first kappa shape index (κ1) is 35.0. The lowest BCUT2D eigenvalue weighted by molar-refractivity contribution is -0.292. The summed E-state index contributed by atoms with van der Waals surface area (Å²) in [6.45, 7) is -4.48. The van der Waals surface area contributed by atoms with Crippen molar-refractivity contribution in [2.24, 2.45) is 0 Å². The van der Waals surface area contributed by atoms with Gasteiger partial charge in [-0.2, -0.15) is 4.37 Å². The monoisotopic (exact) mass is 693 g/mol. The van der Waals surface area contributed by atoms with Crippen molar-refractivity contribution in [2.75, 3.05) is 33.0 Å². The van der Waals surface area contributed by atoms with Crippen molar-refractivity contribution in [1.82, 2.24) is 19.2 Å². The number of nitrogens with zero attached hydrogens (tertiary/aromatic N) is 4. The molecule has 4 rings (SSSR count). The smallest absolute Gasteiger partial charge is 0.394 e. The summed E-state index contributed by atoms with van der Waals surface area (Å²) in [5, 5.41) is 60.3. The molecule has 12 atom stereocenters. The molecule has 0 aromatic carbocycles. The van der Waals surface area contributed by atoms with Crippen LogP contribution in [0.15, 0.2) is 6.33 Å². The molecule has 19 nitrogen and oxygen atoms in total. The Labute approximate surface area is 253 Å². The van der Waals surface area contributed by atoms with Gasteiger partial charge in [-0.05, 0) is 44.4 Å². The van der Waals surface area contributed by atoms with Gasteiger partial charge < -0.3 is 60.2 Å². The van der Waals surface area contributed by atoms with Gasteiger partial charge in [0.15, 0.2) is 12.1 Å². The van der Waals surface area contributed by atoms with Crippen molar-refractivity contribution in [3.8, 4) is 0 Å². The van der Waals surface area contributed by atoms with Crippen LogP contribution in [-0.2, 0) is 39.2 Å². The van der Waals surface area contributed by atoms with Crippen molar-refractivity contribution < 1.29 is 67.8 Å². The highest BCUT2D eigenvalue weighted by atomic mass is 32.5. The first-order valence-corrected chi connectivity index (χ1v) is 17.3. The van der Waals surface area contributed by atoms with Gasteiger partial charge in [0.25, 0.3) is 0 Å². The number of nitrogens with two attached hydrogens (primary N) is 1. The molecule has 7 unspecified atom stereocenters. The van der Waals surface area contributed by atoms with Gasteiger partial charge in [0.1, 0.15) is 66.2 Å². The minimum atomic E-state index is -5.43. The van der Waals surface area contributed by atoms with E-state index in [0.717, 1.165) is 11.5 Å². The molecule has 2 aromatic heterocycles. The molecule has 0 radical (unpaired) electrons. The van der Waals surface area contributed by atoms with Crippen LogP contribution in [0.5, 0.6) is 0 Å². The van der Waals surface area contributed by atoms with Crippen LogP contribution in [-0.4, -0.2) is 142 Å². The number of aliphatic hydroxyl groups is 6. The highest BCUT2D eigenvalue weighted by Crippen LogP contribution is 2.62. The number of nitrogen functional groups attached to an aromatic ring is 1. The number of anilines is 1. The third-order valence-electron chi connectivity index (χ3n) is 7.33. The number of hydrogen-bond donors (Lipinski definition) is 9. The number of phosphoric acid groups is 1. The summed E-state index contributed by atoms with van der Waals surface area (Å²) in [5.41, 5.74) is 5.57. The molecule has 10 N–H and O–H groups in total. The molecular formula is C20H33N5O14P2S2. The summed E-state index contributed by atoms with van der Waals surface area (Å²) in [6.07, 6.45) is -13.7. The van der Waals surface area contributed by atoms with Gasteiger partial charge in [0.05, 0.1) is 23.6 Å². The molecular weight excluding hydrogens is 660 g/mol. The van der Waals surface area contributed by atoms with Crippen molar-refractivity contribution in [3.05, 3.63) is 11.2 Å². The molecule has 2 saturated heterocycles. The lowest BCUT2D eigenvalue weighted by atomic mass is 9.86. The Morgan fingerprint density at radius 2 is 1.84 bits per heavy atom. The first-order chi connectivity index (χ1) is 19.9. The van der Waals surface area contributed by atoms with E-state index in [1.165, 1.54) is 6.33 Å². The first-order valence-electron chi connectivity index (χ1n) is 12.5. The molecule has 244 valence electrons. The van der Waals surface area contributed by atoms with E-state index in [1.54, 1.807) is 25.9 Å². The van der Waals surface area contributed by atoms with Crippen molar-refractivity contribution in [1.29, 1.82) is 0 Å². The number of rotatable bonds is 11. The third kappa shape index (κ3) is 6.94. The molecule has 2 aliphatic heterocycles. The fourth-order valence-electron chi connectivity index (χ4n) is 4.70. The van der Waals surface area contributed by atoms with Crippen LogP contribution < -0.4 is 5.73 Å². The zero-order valence-corrected chi connectivity index (χ0v) is 26.2. The number of phosphoric ester groups is 1. The van der Waals surface area contributed by atoms with Crippen molar-refractivity contribution >= 4 is 54.7 Å². The topological polar surface area (TPSA) is 293 Å². The maximum atomic E-state index is 12.7. The van der Waals surface area contributed by atoms with Crippen LogP contribution in [0, 0.1) is 0 Å². The quantitative estimate of drug-likeness (QED) is 0.108. The third-order valence-corrected chi connectivity index (χ3v) is 11.7. The lowest BCUT2D eigenvalue weighted by Crippen LogP contribution is -2.61. The van der Waals surface area contributed by atoms with Gasteiger partial charge in [-0.1, -0.05) is 0 Å². The van der Waals surface area contributed by atoms with Crippen LogP contribution in [0.2, 0.25) is 0 Å². The fourth-order valence-corrected chi connectivity index (χ4v) is 8.80. The zero-order valence-electron chi connectivity index (χ0n) is 22.8. The van der Waals surface area contributed by atoms with E-state index in [4.69, 9.17) is 41.2 Å². The Kier molecular flexibility index (Phi) is 10.6. The van der Waals surface area contributed by atoms with Gasteiger partial charge in [0.2, 0.25) is 0 Å². The molecule has 0 aliphatic carbocycles. The number of aliphatic hydroxyl groups excluding tert-OH is 6. The maximum absolute atomic E-state index is 12.7. The van der Waals surface area contributed by atoms with Gasteiger partial charge in [-0.25, -0.2) is 18.8 Å². The lowest BCUT2D eigenvalue weighted by Gasteiger charge is -2.41. The molecule has 2 aliphatic rings. The van der Waals surface area contributed by atoms with E-state index in [1.807, 2.05) is 0 Å². The van der Waals surface area contributed by atoms with Crippen LogP contribution in [0.25, 0.3) is 11.0 Å². The predicted molar refractivity (Wildman–Crippen MR) is 150 cm³/mol. The van der Waals surface area contributed by atoms with Crippen LogP contribution in [0.3, 0.4) is 0 Å². The summed E-state index contributed by atoms with van der Waals surface area (Å²) in [6, 6.07) is 0. The molecule has 2 fully saturated rings. The van der Waals surface area contributed by atoms with Gasteiger partial charge >= 0.3 is 14.5 Å². The Morgan fingerprint density at radius 3 is 2.47 bits per heavy atom. The van der Waals surface area contributed by atoms with Crippen molar-refractivity contribution in [3.63, 3.8) is 0 Å². The highest BCUT2D eigenvalue weighted by molar-refractivity contribution is 8.08. The summed E-state index contributed by atoms with van der Waals surface area (Å²) < 4.78 is 42.7. The van der Waals surface area contributed by atoms with E-state index in [2.05, 4.69) is 18.7 Å². The Hall–Kier alpha value is -0.910. The molecule has 23 heteroatoms. The van der Waals surface area contributed by atoms with Crippen LogP contribution >= 0.6 is 26.1 Å². The number of hydrogen-bond acceptors (Lipinski definition) is 19. The normalized spacial score (nSPS) is 36.9. The standard InChI is InChI=1S/C20H33N5O14P2S2/c1-20(25(2)3)16(31)8(36-17(20)15-9-10(24-43-15)18(21)23-6-22-9)5-35-41(34,42)39-40(32,33)38-19-13(30)11(28)12(29)14(37-19)7(27)4-26/h6-8,11-14,16-17,19,26-31H,4-5H2,1-3H3,(H,32,33)(H,34,42)(H2,21,22,23)/t7-,8+,11?,12?,13?,14?,16+,17-,19?,20+,41?/m0/s1. The highest BCUT2D eigenvalue weighted by Gasteiger charge is 2.57. The number of likely N-dealkylation sites (N-methyl/N-ethyl adjacent to an activating group) is 1. The summed E-state index contributed by atoms with van der Waals surface area (Å²) in [5.74, 6) is 0.156. The SMILES string of the molecule is CN(C)[C@]1(C)[C@H](O)[C@@H](COP(O)(=S)OP(=O)(O)OC2OC([C@@H](O)CO)C(O)C(O)C2O)O[C@H]1c1snc2c(N)ncnc12. The summed E-state index contributed by atoms with van der Waals surface area (Å²) in [7, 11) is -2.02. The molecule has 0 saturated carbocycles. The largest absolute Gasteiger partial charge is 0.481 e. The Balaban J connectivity index is 1.46. The van der Waals surface area contributed by atoms with E-state index < -0.39 is 88.4 Å². The number of fused-ring (bicyclic) bond motifs is 1. The summed E-state index contributed by atoms with van der Waals surface area (Å²) in [4.78, 5) is 31.2. The zero-order chi connectivity index (χ0) is 32.1. The molecule has 43 heavy (non-hydrogen) atoms. The molecule has 4 heterocycles.